The lowest BCUT2D eigenvalue weighted by atomic mass is 9.79. The molecule has 92 valence electrons. The van der Waals surface area contributed by atoms with Crippen LogP contribution >= 0.6 is 0 Å². The van der Waals surface area contributed by atoms with Crippen molar-refractivity contribution in [2.24, 2.45) is 5.41 Å². The van der Waals surface area contributed by atoms with Crippen molar-refractivity contribution < 1.29 is 9.53 Å². The molecule has 0 aromatic carbocycles. The zero-order valence-corrected chi connectivity index (χ0v) is 10.6. The highest BCUT2D eigenvalue weighted by molar-refractivity contribution is 5.78. The van der Waals surface area contributed by atoms with Gasteiger partial charge < -0.3 is 10.1 Å². The third-order valence-corrected chi connectivity index (χ3v) is 3.83. The molecule has 1 heterocycles. The summed E-state index contributed by atoms with van der Waals surface area (Å²) in [5.41, 5.74) is -0.163. The predicted molar refractivity (Wildman–Crippen MR) is 63.2 cm³/mol. The van der Waals surface area contributed by atoms with Gasteiger partial charge in [0.1, 0.15) is 11.6 Å². The van der Waals surface area contributed by atoms with Gasteiger partial charge in [0.2, 0.25) is 0 Å². The Morgan fingerprint density at radius 3 is 2.44 bits per heavy atom. The smallest absolute Gasteiger partial charge is 0.324 e. The van der Waals surface area contributed by atoms with E-state index in [1.54, 1.807) is 0 Å². The summed E-state index contributed by atoms with van der Waals surface area (Å²) >= 11 is 0. The van der Waals surface area contributed by atoms with E-state index in [9.17, 15) is 4.79 Å². The summed E-state index contributed by atoms with van der Waals surface area (Å²) in [6.07, 6.45) is 6.03. The van der Waals surface area contributed by atoms with Crippen LogP contribution in [0.25, 0.3) is 0 Å². The number of hydrogen-bond acceptors (Lipinski definition) is 3. The van der Waals surface area contributed by atoms with Crippen LogP contribution in [0.5, 0.6) is 0 Å². The van der Waals surface area contributed by atoms with Gasteiger partial charge in [-0.3, -0.25) is 4.79 Å². The van der Waals surface area contributed by atoms with Gasteiger partial charge in [-0.05, 0) is 52.0 Å². The van der Waals surface area contributed by atoms with E-state index in [4.69, 9.17) is 4.74 Å². The number of esters is 1. The van der Waals surface area contributed by atoms with Crippen LogP contribution in [0.15, 0.2) is 0 Å². The second-order valence-electron chi connectivity index (χ2n) is 6.24. The second kappa shape index (κ2) is 4.02. The molecular weight excluding hydrogens is 202 g/mol. The number of nitrogens with one attached hydrogen (secondary N) is 1. The number of hydrogen-bond donors (Lipinski definition) is 1. The van der Waals surface area contributed by atoms with Crippen molar-refractivity contribution >= 4 is 5.97 Å². The van der Waals surface area contributed by atoms with Gasteiger partial charge in [0.25, 0.3) is 0 Å². The number of carbonyl (C=O) groups is 1. The average molecular weight is 225 g/mol. The van der Waals surface area contributed by atoms with E-state index in [-0.39, 0.29) is 23.0 Å². The molecule has 0 bridgehead atoms. The van der Waals surface area contributed by atoms with Crippen molar-refractivity contribution in [3.63, 3.8) is 0 Å². The van der Waals surface area contributed by atoms with Crippen LogP contribution < -0.4 is 5.32 Å². The molecule has 1 atom stereocenters. The third-order valence-electron chi connectivity index (χ3n) is 3.83. The van der Waals surface area contributed by atoms with Gasteiger partial charge in [-0.15, -0.1) is 0 Å². The van der Waals surface area contributed by atoms with Crippen LogP contribution in [0.3, 0.4) is 0 Å². The standard InChI is InChI=1S/C13H23NO2/c1-12(2,3)16-11(15)10-13(8-9-14-10)6-4-5-7-13/h10,14H,4-9H2,1-3H3. The van der Waals surface area contributed by atoms with E-state index >= 15 is 0 Å². The minimum atomic E-state index is -0.374. The minimum Gasteiger partial charge on any atom is -0.459 e. The second-order valence-corrected chi connectivity index (χ2v) is 6.24. The molecule has 1 N–H and O–H groups in total. The largest absolute Gasteiger partial charge is 0.459 e. The molecule has 1 unspecified atom stereocenters. The monoisotopic (exact) mass is 225 g/mol. The Bertz CT molecular complexity index is 269. The van der Waals surface area contributed by atoms with Crippen LogP contribution in [0.4, 0.5) is 0 Å². The van der Waals surface area contributed by atoms with E-state index in [0.717, 1.165) is 13.0 Å². The summed E-state index contributed by atoms with van der Waals surface area (Å²) in [5.74, 6) is -0.0492. The Morgan fingerprint density at radius 2 is 1.88 bits per heavy atom. The molecule has 16 heavy (non-hydrogen) atoms. The van der Waals surface area contributed by atoms with E-state index in [1.165, 1.54) is 25.7 Å². The molecule has 1 spiro atoms. The maximum absolute atomic E-state index is 12.1. The van der Waals surface area contributed by atoms with Crippen LogP contribution in [0, 0.1) is 5.41 Å². The molecule has 1 aliphatic carbocycles. The Balaban J connectivity index is 2.05. The van der Waals surface area contributed by atoms with Crippen molar-refractivity contribution in [2.45, 2.75) is 64.5 Å². The van der Waals surface area contributed by atoms with Gasteiger partial charge in [-0.2, -0.15) is 0 Å². The molecule has 2 aliphatic rings. The summed E-state index contributed by atoms with van der Waals surface area (Å²) in [7, 11) is 0. The van der Waals surface area contributed by atoms with Crippen molar-refractivity contribution in [3.05, 3.63) is 0 Å². The highest BCUT2D eigenvalue weighted by Gasteiger charge is 2.49. The topological polar surface area (TPSA) is 38.3 Å². The zero-order chi connectivity index (χ0) is 11.8. The molecule has 0 aromatic rings. The first-order valence-corrected chi connectivity index (χ1v) is 6.39. The van der Waals surface area contributed by atoms with E-state index in [0.29, 0.717) is 0 Å². The van der Waals surface area contributed by atoms with Crippen LogP contribution in [-0.2, 0) is 9.53 Å². The first-order chi connectivity index (χ1) is 7.43. The predicted octanol–water partition coefficient (Wildman–Crippen LogP) is 2.25. The molecule has 3 nitrogen and oxygen atoms in total. The van der Waals surface area contributed by atoms with E-state index in [1.807, 2.05) is 20.8 Å². The van der Waals surface area contributed by atoms with Crippen LogP contribution in [0.1, 0.15) is 52.9 Å². The summed E-state index contributed by atoms with van der Waals surface area (Å²) in [6, 6.07) is -0.0609. The number of carbonyl (C=O) groups excluding carboxylic acids is 1. The molecule has 0 radical (unpaired) electrons. The maximum atomic E-state index is 12.1. The minimum absolute atomic E-state index is 0.0492. The van der Waals surface area contributed by atoms with Crippen LogP contribution in [0.2, 0.25) is 0 Å². The Labute approximate surface area is 97.9 Å². The first kappa shape index (κ1) is 11.9. The quantitative estimate of drug-likeness (QED) is 0.696. The van der Waals surface area contributed by atoms with Gasteiger partial charge in [-0.1, -0.05) is 12.8 Å². The van der Waals surface area contributed by atoms with Crippen molar-refractivity contribution in [3.8, 4) is 0 Å². The molecule has 1 saturated heterocycles. The molecule has 0 amide bonds. The summed E-state index contributed by atoms with van der Waals surface area (Å²) in [5, 5.41) is 3.34. The van der Waals surface area contributed by atoms with Crippen molar-refractivity contribution in [1.82, 2.24) is 5.32 Å². The third kappa shape index (κ3) is 2.24. The highest BCUT2D eigenvalue weighted by atomic mass is 16.6. The molecule has 0 aromatic heterocycles. The molecule has 2 fully saturated rings. The van der Waals surface area contributed by atoms with Gasteiger partial charge >= 0.3 is 5.97 Å². The lowest BCUT2D eigenvalue weighted by molar-refractivity contribution is -0.160. The van der Waals surface area contributed by atoms with Gasteiger partial charge in [0.05, 0.1) is 0 Å². The van der Waals surface area contributed by atoms with Gasteiger partial charge in [-0.25, -0.2) is 0 Å². The van der Waals surface area contributed by atoms with E-state index in [2.05, 4.69) is 5.32 Å². The van der Waals surface area contributed by atoms with Crippen LogP contribution in [-0.4, -0.2) is 24.2 Å². The Kier molecular flexibility index (Phi) is 2.99. The maximum Gasteiger partial charge on any atom is 0.324 e. The highest BCUT2D eigenvalue weighted by Crippen LogP contribution is 2.47. The molecular formula is C13H23NO2. The summed E-state index contributed by atoms with van der Waals surface area (Å²) < 4.78 is 5.51. The van der Waals surface area contributed by atoms with Crippen molar-refractivity contribution in [1.29, 1.82) is 0 Å². The molecule has 1 saturated carbocycles. The first-order valence-electron chi connectivity index (χ1n) is 6.39. The fraction of sp³-hybridized carbons (Fsp3) is 0.923. The SMILES string of the molecule is CC(C)(C)OC(=O)C1NCCC12CCCC2. The number of rotatable bonds is 1. The Hall–Kier alpha value is -0.570. The lowest BCUT2D eigenvalue weighted by Crippen LogP contribution is -2.45. The lowest BCUT2D eigenvalue weighted by Gasteiger charge is -2.31. The molecule has 1 aliphatic heterocycles. The number of ether oxygens (including phenoxy) is 1. The van der Waals surface area contributed by atoms with Gasteiger partial charge in [0, 0.05) is 0 Å². The average Bonchev–Trinajstić information content (AvgIpc) is 2.74. The Morgan fingerprint density at radius 1 is 1.25 bits per heavy atom. The summed E-state index contributed by atoms with van der Waals surface area (Å²) in [4.78, 5) is 12.1. The molecule has 3 heteroatoms. The van der Waals surface area contributed by atoms with Gasteiger partial charge in [0.15, 0.2) is 0 Å². The zero-order valence-electron chi connectivity index (χ0n) is 10.6. The normalized spacial score (nSPS) is 28.6. The van der Waals surface area contributed by atoms with Crippen molar-refractivity contribution in [2.75, 3.05) is 6.54 Å². The fourth-order valence-electron chi connectivity index (χ4n) is 3.14. The summed E-state index contributed by atoms with van der Waals surface area (Å²) in [6.45, 7) is 6.76. The van der Waals surface area contributed by atoms with E-state index < -0.39 is 0 Å². The molecule has 2 rings (SSSR count). The fourth-order valence-corrected chi connectivity index (χ4v) is 3.14.